The van der Waals surface area contributed by atoms with Gasteiger partial charge < -0.3 is 18.9 Å². The molecule has 2 aromatic rings. The predicted molar refractivity (Wildman–Crippen MR) is 104 cm³/mol. The smallest absolute Gasteiger partial charge is 0.308 e. The number of nitrogens with zero attached hydrogens (tertiary/aromatic N) is 2. The minimum atomic E-state index is -0.176. The molecular formula is C21H28N2O4. The van der Waals surface area contributed by atoms with Crippen LogP contribution in [0, 0.1) is 12.8 Å². The van der Waals surface area contributed by atoms with Crippen molar-refractivity contribution in [1.82, 2.24) is 9.47 Å². The molecule has 1 saturated heterocycles. The molecule has 0 aliphatic carbocycles. The molecule has 2 heterocycles. The second kappa shape index (κ2) is 8.03. The highest BCUT2D eigenvalue weighted by atomic mass is 16.5. The van der Waals surface area contributed by atoms with Gasteiger partial charge in [0.2, 0.25) is 0 Å². The zero-order valence-corrected chi connectivity index (χ0v) is 16.6. The molecule has 6 heteroatoms. The van der Waals surface area contributed by atoms with E-state index < -0.39 is 0 Å². The number of likely N-dealkylation sites (tertiary alicyclic amines) is 1. The molecule has 6 nitrogen and oxygen atoms in total. The third-order valence-electron chi connectivity index (χ3n) is 5.43. The maximum atomic E-state index is 13.3. The first-order valence-corrected chi connectivity index (χ1v) is 9.64. The van der Waals surface area contributed by atoms with Gasteiger partial charge in [0.05, 0.1) is 19.6 Å². The first-order chi connectivity index (χ1) is 13.0. The quantitative estimate of drug-likeness (QED) is 0.755. The van der Waals surface area contributed by atoms with E-state index in [0.717, 1.165) is 34.5 Å². The standard InChI is InChI=1S/C21H28N2O4/c1-5-23-18-8-7-16(27-6-2)13-17(18)14(3)19(23)20(24)22-11-9-15(10-12-22)21(25)26-4/h7-8,13,15H,5-6,9-12H2,1-4H3. The summed E-state index contributed by atoms with van der Waals surface area (Å²) >= 11 is 0. The third-order valence-corrected chi connectivity index (χ3v) is 5.43. The van der Waals surface area contributed by atoms with Gasteiger partial charge in [0.15, 0.2) is 0 Å². The lowest BCUT2D eigenvalue weighted by Crippen LogP contribution is -2.41. The van der Waals surface area contributed by atoms with Gasteiger partial charge in [0.25, 0.3) is 5.91 Å². The van der Waals surface area contributed by atoms with Crippen LogP contribution in [-0.2, 0) is 16.1 Å². The predicted octanol–water partition coefficient (Wildman–Crippen LogP) is 3.39. The van der Waals surface area contributed by atoms with E-state index in [-0.39, 0.29) is 17.8 Å². The Morgan fingerprint density at radius 2 is 1.89 bits per heavy atom. The lowest BCUT2D eigenvalue weighted by atomic mass is 9.96. The number of aryl methyl sites for hydroxylation is 2. The molecule has 146 valence electrons. The molecule has 1 fully saturated rings. The molecule has 0 bridgehead atoms. The number of benzene rings is 1. The first-order valence-electron chi connectivity index (χ1n) is 9.64. The topological polar surface area (TPSA) is 60.8 Å². The average molecular weight is 372 g/mol. The summed E-state index contributed by atoms with van der Waals surface area (Å²) in [6, 6.07) is 5.99. The Hall–Kier alpha value is -2.50. The molecule has 1 aromatic carbocycles. The number of methoxy groups -OCH3 is 1. The van der Waals surface area contributed by atoms with Crippen molar-refractivity contribution in [1.29, 1.82) is 0 Å². The number of aromatic nitrogens is 1. The number of piperidine rings is 1. The Kier molecular flexibility index (Phi) is 5.73. The Labute approximate surface area is 160 Å². The van der Waals surface area contributed by atoms with Crippen molar-refractivity contribution in [2.45, 2.75) is 40.2 Å². The minimum absolute atomic E-state index is 0.0341. The van der Waals surface area contributed by atoms with E-state index >= 15 is 0 Å². The second-order valence-electron chi connectivity index (χ2n) is 6.92. The fourth-order valence-electron chi connectivity index (χ4n) is 4.00. The molecule has 0 saturated carbocycles. The van der Waals surface area contributed by atoms with Crippen LogP contribution in [0.15, 0.2) is 18.2 Å². The van der Waals surface area contributed by atoms with Crippen LogP contribution < -0.4 is 4.74 Å². The lowest BCUT2D eigenvalue weighted by Gasteiger charge is -2.31. The van der Waals surface area contributed by atoms with E-state index in [9.17, 15) is 9.59 Å². The summed E-state index contributed by atoms with van der Waals surface area (Å²) in [5.41, 5.74) is 2.76. The van der Waals surface area contributed by atoms with Gasteiger partial charge >= 0.3 is 5.97 Å². The number of carbonyl (C=O) groups is 2. The molecule has 1 aromatic heterocycles. The molecule has 0 unspecified atom stereocenters. The number of hydrogen-bond acceptors (Lipinski definition) is 4. The molecule has 3 rings (SSSR count). The van der Waals surface area contributed by atoms with E-state index in [2.05, 4.69) is 11.5 Å². The van der Waals surface area contributed by atoms with E-state index in [0.29, 0.717) is 32.5 Å². The first kappa shape index (κ1) is 19.3. The summed E-state index contributed by atoms with van der Waals surface area (Å²) < 4.78 is 12.5. The SMILES string of the molecule is CCOc1ccc2c(c1)c(C)c(C(=O)N1CCC(C(=O)OC)CC1)n2CC. The van der Waals surface area contributed by atoms with Crippen molar-refractivity contribution in [3.8, 4) is 5.75 Å². The fraction of sp³-hybridized carbons (Fsp3) is 0.524. The molecule has 0 atom stereocenters. The number of esters is 1. The minimum Gasteiger partial charge on any atom is -0.494 e. The van der Waals surface area contributed by atoms with Gasteiger partial charge in [-0.2, -0.15) is 0 Å². The Morgan fingerprint density at radius 3 is 2.48 bits per heavy atom. The summed E-state index contributed by atoms with van der Waals surface area (Å²) in [6.45, 7) is 8.49. The van der Waals surface area contributed by atoms with Crippen LogP contribution in [0.2, 0.25) is 0 Å². The molecule has 0 spiro atoms. The van der Waals surface area contributed by atoms with Crippen LogP contribution in [0.4, 0.5) is 0 Å². The van der Waals surface area contributed by atoms with Crippen LogP contribution in [-0.4, -0.2) is 48.1 Å². The van der Waals surface area contributed by atoms with E-state index in [1.165, 1.54) is 7.11 Å². The summed E-state index contributed by atoms with van der Waals surface area (Å²) in [7, 11) is 1.42. The monoisotopic (exact) mass is 372 g/mol. The van der Waals surface area contributed by atoms with Crippen LogP contribution in [0.25, 0.3) is 10.9 Å². The van der Waals surface area contributed by atoms with Gasteiger partial charge in [-0.05, 0) is 57.4 Å². The van der Waals surface area contributed by atoms with Crippen molar-refractivity contribution < 1.29 is 19.1 Å². The normalized spacial score (nSPS) is 15.2. The largest absolute Gasteiger partial charge is 0.494 e. The molecule has 1 aliphatic rings. The van der Waals surface area contributed by atoms with Crippen molar-refractivity contribution in [3.63, 3.8) is 0 Å². The Morgan fingerprint density at radius 1 is 1.19 bits per heavy atom. The van der Waals surface area contributed by atoms with Gasteiger partial charge in [-0.1, -0.05) is 0 Å². The summed E-state index contributed by atoms with van der Waals surface area (Å²) in [5, 5.41) is 1.05. The van der Waals surface area contributed by atoms with Gasteiger partial charge in [0, 0.05) is 30.5 Å². The highest BCUT2D eigenvalue weighted by Crippen LogP contribution is 2.31. The van der Waals surface area contributed by atoms with Gasteiger partial charge in [-0.25, -0.2) is 0 Å². The fourth-order valence-corrected chi connectivity index (χ4v) is 4.00. The maximum Gasteiger partial charge on any atom is 0.308 e. The number of hydrogen-bond donors (Lipinski definition) is 0. The van der Waals surface area contributed by atoms with Gasteiger partial charge in [0.1, 0.15) is 11.4 Å². The van der Waals surface area contributed by atoms with Crippen LogP contribution in [0.5, 0.6) is 5.75 Å². The van der Waals surface area contributed by atoms with Crippen LogP contribution in [0.1, 0.15) is 42.7 Å². The lowest BCUT2D eigenvalue weighted by molar-refractivity contribution is -0.146. The van der Waals surface area contributed by atoms with Gasteiger partial charge in [-0.15, -0.1) is 0 Å². The molecule has 0 radical (unpaired) electrons. The third kappa shape index (κ3) is 3.53. The molecule has 1 aliphatic heterocycles. The Bertz CT molecular complexity index is 847. The van der Waals surface area contributed by atoms with Crippen molar-refractivity contribution in [2.75, 3.05) is 26.8 Å². The van der Waals surface area contributed by atoms with Crippen LogP contribution >= 0.6 is 0 Å². The van der Waals surface area contributed by atoms with E-state index in [1.807, 2.05) is 36.9 Å². The van der Waals surface area contributed by atoms with E-state index in [4.69, 9.17) is 9.47 Å². The highest BCUT2D eigenvalue weighted by molar-refractivity contribution is 6.02. The number of carbonyl (C=O) groups excluding carboxylic acids is 2. The number of fused-ring (bicyclic) bond motifs is 1. The molecule has 0 N–H and O–H groups in total. The average Bonchev–Trinajstić information content (AvgIpc) is 2.98. The van der Waals surface area contributed by atoms with E-state index in [1.54, 1.807) is 0 Å². The summed E-state index contributed by atoms with van der Waals surface area (Å²) in [5.74, 6) is 0.571. The Balaban J connectivity index is 1.90. The van der Waals surface area contributed by atoms with Gasteiger partial charge in [-0.3, -0.25) is 9.59 Å². The number of ether oxygens (including phenoxy) is 2. The zero-order valence-electron chi connectivity index (χ0n) is 16.6. The van der Waals surface area contributed by atoms with Crippen molar-refractivity contribution in [2.24, 2.45) is 5.92 Å². The molecular weight excluding hydrogens is 344 g/mol. The summed E-state index contributed by atoms with van der Waals surface area (Å²) in [4.78, 5) is 26.9. The number of amides is 1. The second-order valence-corrected chi connectivity index (χ2v) is 6.92. The maximum absolute atomic E-state index is 13.3. The van der Waals surface area contributed by atoms with Crippen molar-refractivity contribution in [3.05, 3.63) is 29.5 Å². The molecule has 27 heavy (non-hydrogen) atoms. The molecule has 1 amide bonds. The highest BCUT2D eigenvalue weighted by Gasteiger charge is 2.31. The van der Waals surface area contributed by atoms with Crippen molar-refractivity contribution >= 4 is 22.8 Å². The summed E-state index contributed by atoms with van der Waals surface area (Å²) in [6.07, 6.45) is 1.30. The number of rotatable bonds is 5. The zero-order chi connectivity index (χ0) is 19.6. The van der Waals surface area contributed by atoms with Crippen LogP contribution in [0.3, 0.4) is 0 Å².